The number of hydrogen-bond acceptors (Lipinski definition) is 3. The van der Waals surface area contributed by atoms with Crippen LogP contribution in [0.4, 0.5) is 0 Å². The third-order valence-electron chi connectivity index (χ3n) is 4.93. The summed E-state index contributed by atoms with van der Waals surface area (Å²) in [4.78, 5) is 0.311. The molecule has 1 heterocycles. The largest absolute Gasteiger partial charge is 0.268 e. The molecule has 1 aromatic heterocycles. The summed E-state index contributed by atoms with van der Waals surface area (Å²) in [7, 11) is -3.54. The summed E-state index contributed by atoms with van der Waals surface area (Å²) >= 11 is 0. The van der Waals surface area contributed by atoms with Gasteiger partial charge in [0.2, 0.25) is 10.0 Å². The van der Waals surface area contributed by atoms with E-state index >= 15 is 0 Å². The van der Waals surface area contributed by atoms with E-state index in [0.29, 0.717) is 16.6 Å². The van der Waals surface area contributed by atoms with Gasteiger partial charge in [-0.1, -0.05) is 43.2 Å². The van der Waals surface area contributed by atoms with E-state index in [1.165, 1.54) is 18.4 Å². The van der Waals surface area contributed by atoms with Crippen molar-refractivity contribution in [1.29, 1.82) is 0 Å². The van der Waals surface area contributed by atoms with Crippen LogP contribution in [0.5, 0.6) is 0 Å². The molecular formula is C19H27N3O2S. The maximum absolute atomic E-state index is 12.7. The third-order valence-corrected chi connectivity index (χ3v) is 6.62. The van der Waals surface area contributed by atoms with Crippen LogP contribution in [-0.2, 0) is 16.4 Å². The zero-order chi connectivity index (χ0) is 17.9. The molecule has 1 N–H and O–H groups in total. The predicted octanol–water partition coefficient (Wildman–Crippen LogP) is 3.61. The van der Waals surface area contributed by atoms with Gasteiger partial charge in [0.1, 0.15) is 4.90 Å². The third kappa shape index (κ3) is 4.50. The fourth-order valence-electron chi connectivity index (χ4n) is 3.50. The lowest BCUT2D eigenvalue weighted by Crippen LogP contribution is -2.33. The second kappa shape index (κ2) is 7.70. The fraction of sp³-hybridized carbons (Fsp3) is 0.526. The zero-order valence-corrected chi connectivity index (χ0v) is 15.8. The molecule has 2 aromatic rings. The van der Waals surface area contributed by atoms with Crippen molar-refractivity contribution in [1.82, 2.24) is 14.5 Å². The standard InChI is InChI=1S/C19H27N3O2S/c1-15(12-13-17-8-4-3-5-9-17)21-25(23,24)19-14-22(20-16(19)2)18-10-6-7-11-18/h3-5,8-9,14-15,18,21H,6-7,10-13H2,1-2H3. The molecule has 3 rings (SSSR count). The summed E-state index contributed by atoms with van der Waals surface area (Å²) in [5.41, 5.74) is 1.80. The lowest BCUT2D eigenvalue weighted by Gasteiger charge is -2.14. The summed E-state index contributed by atoms with van der Waals surface area (Å²) in [5.74, 6) is 0. The number of aromatic nitrogens is 2. The molecule has 1 saturated carbocycles. The summed E-state index contributed by atoms with van der Waals surface area (Å²) in [5, 5.41) is 4.46. The Balaban J connectivity index is 1.64. The van der Waals surface area contributed by atoms with Gasteiger partial charge in [-0.05, 0) is 45.1 Å². The Morgan fingerprint density at radius 3 is 2.60 bits per heavy atom. The van der Waals surface area contributed by atoms with Crippen molar-refractivity contribution in [2.45, 2.75) is 69.4 Å². The highest BCUT2D eigenvalue weighted by molar-refractivity contribution is 7.89. The van der Waals surface area contributed by atoms with E-state index in [0.717, 1.165) is 25.7 Å². The van der Waals surface area contributed by atoms with E-state index < -0.39 is 10.0 Å². The topological polar surface area (TPSA) is 64.0 Å². The van der Waals surface area contributed by atoms with E-state index in [9.17, 15) is 8.42 Å². The second-order valence-electron chi connectivity index (χ2n) is 7.04. The number of nitrogens with one attached hydrogen (secondary N) is 1. The van der Waals surface area contributed by atoms with Crippen molar-refractivity contribution in [3.63, 3.8) is 0 Å². The Hall–Kier alpha value is -1.66. The number of sulfonamides is 1. The molecule has 0 spiro atoms. The Kier molecular flexibility index (Phi) is 5.59. The van der Waals surface area contributed by atoms with Gasteiger partial charge in [-0.2, -0.15) is 5.10 Å². The number of aryl methyl sites for hydroxylation is 2. The molecule has 1 aliphatic rings. The highest BCUT2D eigenvalue weighted by Gasteiger charge is 2.25. The molecule has 0 amide bonds. The van der Waals surface area contributed by atoms with Crippen LogP contribution in [0, 0.1) is 6.92 Å². The Labute approximate surface area is 150 Å². The average molecular weight is 362 g/mol. The molecular weight excluding hydrogens is 334 g/mol. The minimum Gasteiger partial charge on any atom is -0.268 e. The zero-order valence-electron chi connectivity index (χ0n) is 15.0. The first-order valence-electron chi connectivity index (χ1n) is 9.08. The molecule has 1 unspecified atom stereocenters. The van der Waals surface area contributed by atoms with E-state index in [1.807, 2.05) is 29.8 Å². The van der Waals surface area contributed by atoms with Crippen LogP contribution >= 0.6 is 0 Å². The first-order chi connectivity index (χ1) is 12.0. The van der Waals surface area contributed by atoms with Crippen molar-refractivity contribution in [3.05, 3.63) is 47.8 Å². The van der Waals surface area contributed by atoms with Crippen molar-refractivity contribution >= 4 is 10.0 Å². The molecule has 0 radical (unpaired) electrons. The molecule has 0 saturated heterocycles. The Morgan fingerprint density at radius 2 is 1.92 bits per heavy atom. The first-order valence-corrected chi connectivity index (χ1v) is 10.6. The highest BCUT2D eigenvalue weighted by atomic mass is 32.2. The van der Waals surface area contributed by atoms with Gasteiger partial charge in [0.15, 0.2) is 0 Å². The SMILES string of the molecule is Cc1nn(C2CCCC2)cc1S(=O)(=O)NC(C)CCc1ccccc1. The van der Waals surface area contributed by atoms with Gasteiger partial charge < -0.3 is 0 Å². The normalized spacial score (nSPS) is 17.0. The molecule has 1 fully saturated rings. The van der Waals surface area contributed by atoms with Crippen molar-refractivity contribution in [2.75, 3.05) is 0 Å². The Morgan fingerprint density at radius 1 is 1.24 bits per heavy atom. The van der Waals surface area contributed by atoms with Crippen LogP contribution < -0.4 is 4.72 Å². The smallest absolute Gasteiger partial charge is 0.244 e. The molecule has 1 aliphatic carbocycles. The maximum atomic E-state index is 12.7. The number of nitrogens with zero attached hydrogens (tertiary/aromatic N) is 2. The van der Waals surface area contributed by atoms with E-state index in [1.54, 1.807) is 13.1 Å². The van der Waals surface area contributed by atoms with Gasteiger partial charge in [-0.3, -0.25) is 4.68 Å². The monoisotopic (exact) mass is 361 g/mol. The molecule has 6 heteroatoms. The minimum absolute atomic E-state index is 0.126. The highest BCUT2D eigenvalue weighted by Crippen LogP contribution is 2.30. The van der Waals surface area contributed by atoms with Gasteiger partial charge in [0.25, 0.3) is 0 Å². The molecule has 136 valence electrons. The summed E-state index contributed by atoms with van der Waals surface area (Å²) in [6.07, 6.45) is 7.88. The van der Waals surface area contributed by atoms with Crippen LogP contribution in [0.15, 0.2) is 41.4 Å². The van der Waals surface area contributed by atoms with E-state index in [4.69, 9.17) is 0 Å². The predicted molar refractivity (Wildman–Crippen MR) is 99.0 cm³/mol. The van der Waals surface area contributed by atoms with Crippen molar-refractivity contribution < 1.29 is 8.42 Å². The van der Waals surface area contributed by atoms with Gasteiger partial charge in [0.05, 0.1) is 11.7 Å². The summed E-state index contributed by atoms with van der Waals surface area (Å²) < 4.78 is 30.1. The quantitative estimate of drug-likeness (QED) is 0.819. The van der Waals surface area contributed by atoms with Crippen LogP contribution in [-0.4, -0.2) is 24.2 Å². The van der Waals surface area contributed by atoms with Crippen LogP contribution in [0.25, 0.3) is 0 Å². The minimum atomic E-state index is -3.54. The lowest BCUT2D eigenvalue weighted by molar-refractivity contribution is 0.464. The lowest BCUT2D eigenvalue weighted by atomic mass is 10.1. The second-order valence-corrected chi connectivity index (χ2v) is 8.73. The molecule has 25 heavy (non-hydrogen) atoms. The van der Waals surface area contributed by atoms with Crippen molar-refractivity contribution in [2.24, 2.45) is 0 Å². The molecule has 5 nitrogen and oxygen atoms in total. The van der Waals surface area contributed by atoms with Gasteiger partial charge in [-0.15, -0.1) is 0 Å². The van der Waals surface area contributed by atoms with E-state index in [2.05, 4.69) is 22.0 Å². The van der Waals surface area contributed by atoms with Gasteiger partial charge in [-0.25, -0.2) is 13.1 Å². The van der Waals surface area contributed by atoms with Gasteiger partial charge in [0, 0.05) is 12.2 Å². The van der Waals surface area contributed by atoms with E-state index in [-0.39, 0.29) is 6.04 Å². The van der Waals surface area contributed by atoms with Crippen LogP contribution in [0.3, 0.4) is 0 Å². The maximum Gasteiger partial charge on any atom is 0.244 e. The summed E-state index contributed by atoms with van der Waals surface area (Å²) in [6.45, 7) is 3.69. The number of benzene rings is 1. The summed E-state index contributed by atoms with van der Waals surface area (Å²) in [6, 6.07) is 10.3. The number of hydrogen-bond donors (Lipinski definition) is 1. The molecule has 0 aliphatic heterocycles. The average Bonchev–Trinajstić information content (AvgIpc) is 3.23. The van der Waals surface area contributed by atoms with Gasteiger partial charge >= 0.3 is 0 Å². The molecule has 1 atom stereocenters. The molecule has 0 bridgehead atoms. The van der Waals surface area contributed by atoms with Crippen LogP contribution in [0.2, 0.25) is 0 Å². The Bertz CT molecular complexity index is 793. The van der Waals surface area contributed by atoms with Crippen LogP contribution in [0.1, 0.15) is 56.3 Å². The fourth-order valence-corrected chi connectivity index (χ4v) is 4.95. The molecule has 1 aromatic carbocycles. The number of rotatable bonds is 7. The first kappa shape index (κ1) is 18.1. The van der Waals surface area contributed by atoms with Crippen molar-refractivity contribution in [3.8, 4) is 0 Å².